The van der Waals surface area contributed by atoms with Gasteiger partial charge in [0.1, 0.15) is 18.2 Å². The molecule has 0 saturated carbocycles. The summed E-state index contributed by atoms with van der Waals surface area (Å²) in [6, 6.07) is 2.40. The van der Waals surface area contributed by atoms with E-state index < -0.39 is 18.3 Å². The van der Waals surface area contributed by atoms with Gasteiger partial charge in [-0.2, -0.15) is 0 Å². The van der Waals surface area contributed by atoms with Gasteiger partial charge < -0.3 is 22.3 Å². The third kappa shape index (κ3) is 5.10. The van der Waals surface area contributed by atoms with Gasteiger partial charge >= 0.3 is 58.4 Å². The summed E-state index contributed by atoms with van der Waals surface area (Å²) < 4.78 is 58.2. The molecule has 0 bridgehead atoms. The Bertz CT molecular complexity index is 603. The Morgan fingerprint density at radius 3 is 2.57 bits per heavy atom. The van der Waals surface area contributed by atoms with Crippen molar-refractivity contribution in [3.8, 4) is 5.75 Å². The van der Waals surface area contributed by atoms with Gasteiger partial charge in [0.25, 0.3) is 0 Å². The van der Waals surface area contributed by atoms with Crippen molar-refractivity contribution in [1.82, 2.24) is 9.55 Å². The molecule has 1 aromatic carbocycles. The van der Waals surface area contributed by atoms with Crippen LogP contribution >= 0.6 is 0 Å². The summed E-state index contributed by atoms with van der Waals surface area (Å²) in [6.07, 6.45) is 3.30. The van der Waals surface area contributed by atoms with Crippen LogP contribution < -0.4 is 61.6 Å². The predicted octanol–water partition coefficient (Wildman–Crippen LogP) is -0.532. The molecule has 3 nitrogen and oxygen atoms in total. The number of hydrogen-bond acceptors (Lipinski definition) is 2. The van der Waals surface area contributed by atoms with Crippen LogP contribution in [0.2, 0.25) is 0 Å². The molecule has 2 aromatic rings. The largest absolute Gasteiger partial charge is 1.00 e. The first-order chi connectivity index (χ1) is 9.38. The Kier molecular flexibility index (Phi) is 6.92. The summed E-state index contributed by atoms with van der Waals surface area (Å²) in [4.78, 5) is 3.99. The van der Waals surface area contributed by atoms with Crippen molar-refractivity contribution in [1.29, 1.82) is 0 Å². The second kappa shape index (κ2) is 7.78. The number of rotatable bonds is 5. The van der Waals surface area contributed by atoms with Crippen LogP contribution in [0.3, 0.4) is 0 Å². The van der Waals surface area contributed by atoms with Gasteiger partial charge in [0, 0.05) is 12.4 Å². The Labute approximate surface area is 162 Å². The molecule has 108 valence electrons. The van der Waals surface area contributed by atoms with E-state index in [1.807, 2.05) is 0 Å². The number of nitrogens with zero attached hydrogens (tertiary/aromatic N) is 2. The third-order valence-electron chi connectivity index (χ3n) is 2.84. The number of ether oxygens (including phenoxy) is 1. The maximum atomic E-state index is 12.9. The Morgan fingerprint density at radius 1 is 1.29 bits per heavy atom. The fourth-order valence-electron chi connectivity index (χ4n) is 1.80. The molecule has 21 heavy (non-hydrogen) atoms. The fraction of sp³-hybridized carbons (Fsp3) is 0.250. The van der Waals surface area contributed by atoms with Gasteiger partial charge in [-0.3, -0.25) is 0 Å². The maximum Gasteiger partial charge on any atom is 1.00 e. The van der Waals surface area contributed by atoms with Gasteiger partial charge in [-0.15, -0.1) is 0 Å². The van der Waals surface area contributed by atoms with E-state index in [4.69, 9.17) is 4.74 Å². The van der Waals surface area contributed by atoms with E-state index in [0.29, 0.717) is 12.6 Å². The van der Waals surface area contributed by atoms with E-state index in [1.54, 1.807) is 23.9 Å². The number of benzene rings is 1. The van der Waals surface area contributed by atoms with Gasteiger partial charge in [-0.05, 0) is 25.1 Å². The predicted molar refractivity (Wildman–Crippen MR) is 67.6 cm³/mol. The van der Waals surface area contributed by atoms with Crippen molar-refractivity contribution in [2.45, 2.75) is 13.5 Å². The first-order valence-corrected chi connectivity index (χ1v) is 5.98. The molecular formula is C12H12BF4KN2O. The second-order valence-corrected chi connectivity index (χ2v) is 4.27. The van der Waals surface area contributed by atoms with Crippen LogP contribution in [-0.4, -0.2) is 23.1 Å². The minimum atomic E-state index is -5.31. The smallest absolute Gasteiger partial charge is 0.495 e. The number of halogens is 4. The van der Waals surface area contributed by atoms with Gasteiger partial charge in [0.15, 0.2) is 0 Å². The van der Waals surface area contributed by atoms with Crippen molar-refractivity contribution >= 4 is 12.4 Å². The topological polar surface area (TPSA) is 27.1 Å². The Hall–Kier alpha value is -0.349. The number of aryl methyl sites for hydroxylation is 1. The minimum Gasteiger partial charge on any atom is -0.495 e. The molecule has 0 spiro atoms. The van der Waals surface area contributed by atoms with Gasteiger partial charge in [0.05, 0.1) is 12.3 Å². The second-order valence-electron chi connectivity index (χ2n) is 4.27. The molecule has 0 unspecified atom stereocenters. The molecule has 0 aliphatic rings. The minimum absolute atomic E-state index is 0. The van der Waals surface area contributed by atoms with E-state index in [1.165, 1.54) is 0 Å². The third-order valence-corrected chi connectivity index (χ3v) is 2.84. The van der Waals surface area contributed by atoms with Crippen LogP contribution in [0.1, 0.15) is 5.82 Å². The molecule has 0 N–H and O–H groups in total. The molecule has 9 heteroatoms. The molecular weight excluding hydrogens is 314 g/mol. The summed E-state index contributed by atoms with van der Waals surface area (Å²) in [7, 11) is 0. The van der Waals surface area contributed by atoms with E-state index >= 15 is 0 Å². The number of aromatic nitrogens is 2. The van der Waals surface area contributed by atoms with E-state index in [0.717, 1.165) is 18.0 Å². The van der Waals surface area contributed by atoms with Crippen LogP contribution in [0.4, 0.5) is 17.3 Å². The van der Waals surface area contributed by atoms with Crippen molar-refractivity contribution < 1.29 is 73.5 Å². The zero-order chi connectivity index (χ0) is 14.8. The van der Waals surface area contributed by atoms with E-state index in [2.05, 4.69) is 4.98 Å². The van der Waals surface area contributed by atoms with Crippen molar-refractivity contribution in [3.05, 3.63) is 42.2 Å². The van der Waals surface area contributed by atoms with Crippen LogP contribution in [0.15, 0.2) is 30.6 Å². The zero-order valence-corrected chi connectivity index (χ0v) is 14.8. The van der Waals surface area contributed by atoms with E-state index in [-0.39, 0.29) is 63.7 Å². The number of imidazole rings is 1. The first-order valence-electron chi connectivity index (χ1n) is 5.98. The fourth-order valence-corrected chi connectivity index (χ4v) is 1.80. The van der Waals surface area contributed by atoms with Gasteiger partial charge in [-0.1, -0.05) is 5.46 Å². The summed E-state index contributed by atoms with van der Waals surface area (Å²) in [5.41, 5.74) is -1.05. The molecule has 0 radical (unpaired) electrons. The molecule has 2 rings (SSSR count). The molecule has 0 fully saturated rings. The molecule has 0 aliphatic carbocycles. The maximum absolute atomic E-state index is 12.9. The summed E-state index contributed by atoms with van der Waals surface area (Å²) in [5, 5.41) is 0. The van der Waals surface area contributed by atoms with Crippen LogP contribution in [-0.2, 0) is 6.54 Å². The van der Waals surface area contributed by atoms with Gasteiger partial charge in [0.2, 0.25) is 0 Å². The van der Waals surface area contributed by atoms with E-state index in [9.17, 15) is 17.3 Å². The average Bonchev–Trinajstić information content (AvgIpc) is 2.76. The monoisotopic (exact) mass is 326 g/mol. The molecule has 0 saturated heterocycles. The SMILES string of the molecule is Cc1nccn1CCOc1ccc(F)cc1[B-](F)(F)F.[K+]. The summed E-state index contributed by atoms with van der Waals surface area (Å²) in [5.74, 6) is -0.540. The summed E-state index contributed by atoms with van der Waals surface area (Å²) >= 11 is 0. The summed E-state index contributed by atoms with van der Waals surface area (Å²) in [6.45, 7) is -3.12. The van der Waals surface area contributed by atoms with Gasteiger partial charge in [-0.25, -0.2) is 9.37 Å². The normalized spacial score (nSPS) is 11.1. The van der Waals surface area contributed by atoms with Crippen LogP contribution in [0, 0.1) is 12.7 Å². The molecule has 1 heterocycles. The first kappa shape index (κ1) is 18.7. The van der Waals surface area contributed by atoms with Crippen LogP contribution in [0.5, 0.6) is 5.75 Å². The van der Waals surface area contributed by atoms with Crippen LogP contribution in [0.25, 0.3) is 0 Å². The Balaban J connectivity index is 0.00000220. The molecule has 0 aliphatic heterocycles. The quantitative estimate of drug-likeness (QED) is 0.546. The molecule has 1 aromatic heterocycles. The standard InChI is InChI=1S/C12H12BF4N2O.K/c1-9-18-4-5-19(9)6-7-20-12-3-2-10(14)8-11(12)13(15,16)17;/h2-5,8H,6-7H2,1H3;/q-1;+1. The molecule has 0 atom stereocenters. The number of hydrogen-bond donors (Lipinski definition) is 0. The van der Waals surface area contributed by atoms with Crippen molar-refractivity contribution in [2.24, 2.45) is 0 Å². The Morgan fingerprint density at radius 2 is 2.00 bits per heavy atom. The van der Waals surface area contributed by atoms with Crippen molar-refractivity contribution in [3.63, 3.8) is 0 Å². The van der Waals surface area contributed by atoms with Crippen molar-refractivity contribution in [2.75, 3.05) is 6.61 Å². The molecule has 0 amide bonds. The average molecular weight is 326 g/mol. The zero-order valence-electron chi connectivity index (χ0n) is 11.7.